The molecule has 0 aromatic heterocycles. The molecule has 0 aliphatic rings. The zero-order valence-corrected chi connectivity index (χ0v) is 10.4. The van der Waals surface area contributed by atoms with Crippen LogP contribution in [0.5, 0.6) is 5.75 Å². The molecular formula is C14H21NO. The molecule has 0 aliphatic carbocycles. The van der Waals surface area contributed by atoms with Gasteiger partial charge in [-0.2, -0.15) is 0 Å². The van der Waals surface area contributed by atoms with Crippen LogP contribution in [0.1, 0.15) is 26.3 Å². The summed E-state index contributed by atoms with van der Waals surface area (Å²) in [5.74, 6) is 0.931. The van der Waals surface area contributed by atoms with Crippen molar-refractivity contribution in [3.05, 3.63) is 35.9 Å². The van der Waals surface area contributed by atoms with Gasteiger partial charge >= 0.3 is 0 Å². The molecule has 0 amide bonds. The van der Waals surface area contributed by atoms with Gasteiger partial charge in [-0.3, -0.25) is 0 Å². The summed E-state index contributed by atoms with van der Waals surface area (Å²) < 4.78 is 5.63. The molecule has 1 rings (SSSR count). The average molecular weight is 219 g/mol. The molecule has 0 unspecified atom stereocenters. The van der Waals surface area contributed by atoms with Gasteiger partial charge in [-0.05, 0) is 38.1 Å². The van der Waals surface area contributed by atoms with Crippen molar-refractivity contribution in [1.29, 1.82) is 0 Å². The Kier molecular flexibility index (Phi) is 5.65. The fourth-order valence-electron chi connectivity index (χ4n) is 1.39. The highest BCUT2D eigenvalue weighted by molar-refractivity contribution is 5.51. The van der Waals surface area contributed by atoms with E-state index in [4.69, 9.17) is 4.74 Å². The standard InChI is InChI=1S/C14H21NO/c1-4-15-10-6-8-13-7-5-9-14(11-13)16-12(2)3/h5-9,11-12,15H,4,10H2,1-3H3. The van der Waals surface area contributed by atoms with E-state index >= 15 is 0 Å². The van der Waals surface area contributed by atoms with E-state index in [0.29, 0.717) is 0 Å². The van der Waals surface area contributed by atoms with Crippen LogP contribution in [0, 0.1) is 0 Å². The number of likely N-dealkylation sites (N-methyl/N-ethyl adjacent to an activating group) is 1. The monoisotopic (exact) mass is 219 g/mol. The summed E-state index contributed by atoms with van der Waals surface area (Å²) in [5.41, 5.74) is 1.18. The lowest BCUT2D eigenvalue weighted by molar-refractivity contribution is 0.242. The third kappa shape index (κ3) is 4.99. The van der Waals surface area contributed by atoms with Crippen molar-refractivity contribution in [2.45, 2.75) is 26.9 Å². The molecule has 0 spiro atoms. The molecule has 0 saturated carbocycles. The Balaban J connectivity index is 2.56. The van der Waals surface area contributed by atoms with Gasteiger partial charge < -0.3 is 10.1 Å². The Labute approximate surface area is 98.3 Å². The van der Waals surface area contributed by atoms with Crippen LogP contribution in [0.2, 0.25) is 0 Å². The fourth-order valence-corrected chi connectivity index (χ4v) is 1.39. The van der Waals surface area contributed by atoms with Crippen molar-refractivity contribution in [3.63, 3.8) is 0 Å². The SMILES string of the molecule is CCNCC=Cc1cccc(OC(C)C)c1. The molecule has 2 heteroatoms. The normalized spacial score (nSPS) is 11.2. The van der Waals surface area contributed by atoms with Gasteiger partial charge in [0.05, 0.1) is 6.10 Å². The Morgan fingerprint density at radius 1 is 1.38 bits per heavy atom. The van der Waals surface area contributed by atoms with Crippen LogP contribution >= 0.6 is 0 Å². The van der Waals surface area contributed by atoms with E-state index in [2.05, 4.69) is 36.5 Å². The second-order valence-electron chi connectivity index (χ2n) is 3.95. The second-order valence-corrected chi connectivity index (χ2v) is 3.95. The second kappa shape index (κ2) is 7.07. The van der Waals surface area contributed by atoms with Crippen molar-refractivity contribution in [2.75, 3.05) is 13.1 Å². The maximum atomic E-state index is 5.63. The molecule has 0 radical (unpaired) electrons. The van der Waals surface area contributed by atoms with Crippen molar-refractivity contribution in [1.82, 2.24) is 5.32 Å². The van der Waals surface area contributed by atoms with Gasteiger partial charge in [0.1, 0.15) is 5.75 Å². The smallest absolute Gasteiger partial charge is 0.120 e. The molecule has 1 aromatic carbocycles. The molecule has 2 nitrogen and oxygen atoms in total. The molecule has 1 aromatic rings. The molecule has 0 saturated heterocycles. The average Bonchev–Trinajstić information content (AvgIpc) is 2.24. The molecule has 0 heterocycles. The van der Waals surface area contributed by atoms with Crippen molar-refractivity contribution in [3.8, 4) is 5.75 Å². The minimum absolute atomic E-state index is 0.223. The zero-order chi connectivity index (χ0) is 11.8. The van der Waals surface area contributed by atoms with Gasteiger partial charge in [0.25, 0.3) is 0 Å². The highest BCUT2D eigenvalue weighted by Gasteiger charge is 1.96. The van der Waals surface area contributed by atoms with E-state index in [1.54, 1.807) is 0 Å². The van der Waals surface area contributed by atoms with Crippen LogP contribution in [0.15, 0.2) is 30.3 Å². The van der Waals surface area contributed by atoms with Gasteiger partial charge in [-0.25, -0.2) is 0 Å². The van der Waals surface area contributed by atoms with Gasteiger partial charge in [0, 0.05) is 6.54 Å². The van der Waals surface area contributed by atoms with Crippen molar-refractivity contribution < 1.29 is 4.74 Å². The van der Waals surface area contributed by atoms with Crippen LogP contribution in [-0.4, -0.2) is 19.2 Å². The predicted octanol–water partition coefficient (Wildman–Crippen LogP) is 3.10. The number of benzene rings is 1. The fraction of sp³-hybridized carbons (Fsp3) is 0.429. The van der Waals surface area contributed by atoms with E-state index in [9.17, 15) is 0 Å². The van der Waals surface area contributed by atoms with E-state index < -0.39 is 0 Å². The van der Waals surface area contributed by atoms with E-state index in [0.717, 1.165) is 18.8 Å². The summed E-state index contributed by atoms with van der Waals surface area (Å²) in [5, 5.41) is 3.25. The number of rotatable bonds is 6. The summed E-state index contributed by atoms with van der Waals surface area (Å²) in [6.45, 7) is 8.08. The van der Waals surface area contributed by atoms with Crippen LogP contribution < -0.4 is 10.1 Å². The highest BCUT2D eigenvalue weighted by Crippen LogP contribution is 2.15. The predicted molar refractivity (Wildman–Crippen MR) is 69.8 cm³/mol. The van der Waals surface area contributed by atoms with Crippen LogP contribution in [0.25, 0.3) is 6.08 Å². The van der Waals surface area contributed by atoms with Gasteiger partial charge in [0.15, 0.2) is 0 Å². The number of hydrogen-bond acceptors (Lipinski definition) is 2. The molecule has 0 bridgehead atoms. The summed E-state index contributed by atoms with van der Waals surface area (Å²) in [7, 11) is 0. The highest BCUT2D eigenvalue weighted by atomic mass is 16.5. The molecule has 0 fully saturated rings. The first-order chi connectivity index (χ1) is 7.72. The molecule has 0 atom stereocenters. The lowest BCUT2D eigenvalue weighted by Crippen LogP contribution is -2.11. The van der Waals surface area contributed by atoms with Gasteiger partial charge in [-0.15, -0.1) is 0 Å². The van der Waals surface area contributed by atoms with E-state index in [1.807, 2.05) is 26.0 Å². The minimum atomic E-state index is 0.223. The molecule has 1 N–H and O–H groups in total. The Hall–Kier alpha value is -1.28. The number of nitrogens with one attached hydrogen (secondary N) is 1. The third-order valence-corrected chi connectivity index (χ3v) is 2.05. The van der Waals surface area contributed by atoms with E-state index in [-0.39, 0.29) is 6.10 Å². The quantitative estimate of drug-likeness (QED) is 0.742. The molecular weight excluding hydrogens is 198 g/mol. The van der Waals surface area contributed by atoms with E-state index in [1.165, 1.54) is 5.56 Å². The Morgan fingerprint density at radius 2 is 2.19 bits per heavy atom. The van der Waals surface area contributed by atoms with Gasteiger partial charge in [0.2, 0.25) is 0 Å². The van der Waals surface area contributed by atoms with Crippen LogP contribution in [-0.2, 0) is 0 Å². The largest absolute Gasteiger partial charge is 0.491 e. The number of hydrogen-bond donors (Lipinski definition) is 1. The summed E-state index contributed by atoms with van der Waals surface area (Å²) in [4.78, 5) is 0. The van der Waals surface area contributed by atoms with Crippen molar-refractivity contribution >= 4 is 6.08 Å². The summed E-state index contributed by atoms with van der Waals surface area (Å²) in [6.07, 6.45) is 4.45. The van der Waals surface area contributed by atoms with Gasteiger partial charge in [-0.1, -0.05) is 31.2 Å². The lowest BCUT2D eigenvalue weighted by Gasteiger charge is -2.09. The summed E-state index contributed by atoms with van der Waals surface area (Å²) >= 11 is 0. The molecule has 16 heavy (non-hydrogen) atoms. The summed E-state index contributed by atoms with van der Waals surface area (Å²) in [6, 6.07) is 8.14. The maximum Gasteiger partial charge on any atom is 0.120 e. The van der Waals surface area contributed by atoms with Crippen LogP contribution in [0.3, 0.4) is 0 Å². The topological polar surface area (TPSA) is 21.3 Å². The zero-order valence-electron chi connectivity index (χ0n) is 10.4. The maximum absolute atomic E-state index is 5.63. The minimum Gasteiger partial charge on any atom is -0.491 e. The van der Waals surface area contributed by atoms with Crippen LogP contribution in [0.4, 0.5) is 0 Å². The Morgan fingerprint density at radius 3 is 2.88 bits per heavy atom. The van der Waals surface area contributed by atoms with Crippen molar-refractivity contribution in [2.24, 2.45) is 0 Å². The first-order valence-corrected chi connectivity index (χ1v) is 5.86. The Bertz CT molecular complexity index is 331. The lowest BCUT2D eigenvalue weighted by atomic mass is 10.2. The first-order valence-electron chi connectivity index (χ1n) is 5.86. The molecule has 0 aliphatic heterocycles. The molecule has 88 valence electrons. The number of ether oxygens (including phenoxy) is 1. The third-order valence-electron chi connectivity index (χ3n) is 2.05. The first kappa shape index (κ1) is 12.8.